The molecule has 1 aliphatic heterocycles. The minimum absolute atomic E-state index is 0.122. The van der Waals surface area contributed by atoms with Crippen LogP contribution in [0.5, 0.6) is 0 Å². The highest BCUT2D eigenvalue weighted by Crippen LogP contribution is 2.19. The molecule has 0 aliphatic carbocycles. The second kappa shape index (κ2) is 14.6. The number of imide groups is 1. The zero-order valence-corrected chi connectivity index (χ0v) is 18.8. The maximum absolute atomic E-state index is 11.8. The highest BCUT2D eigenvalue weighted by Gasteiger charge is 2.35. The van der Waals surface area contributed by atoms with Gasteiger partial charge in [-0.2, -0.15) is 0 Å². The third-order valence-electron chi connectivity index (χ3n) is 4.65. The van der Waals surface area contributed by atoms with Gasteiger partial charge in [0, 0.05) is 45.4 Å². The number of ketones is 1. The summed E-state index contributed by atoms with van der Waals surface area (Å²) in [5.41, 5.74) is -0.362. The van der Waals surface area contributed by atoms with E-state index in [2.05, 4.69) is 14.6 Å². The maximum Gasteiger partial charge on any atom is 0.236 e. The van der Waals surface area contributed by atoms with Crippen molar-refractivity contribution in [2.75, 3.05) is 26.3 Å². The second-order valence-electron chi connectivity index (χ2n) is 7.14. The molecule has 3 amide bonds. The number of ether oxygens (including phenoxy) is 2. The summed E-state index contributed by atoms with van der Waals surface area (Å²) in [5, 5.41) is 2.79. The molecule has 1 saturated heterocycles. The molecule has 0 aromatic carbocycles. The molecule has 1 fully saturated rings. The molecule has 9 heteroatoms. The molecule has 0 radical (unpaired) electrons. The number of nitrogens with zero attached hydrogens (tertiary/aromatic N) is 1. The first-order valence-corrected chi connectivity index (χ1v) is 11.1. The van der Waals surface area contributed by atoms with Crippen LogP contribution in [0.4, 0.5) is 0 Å². The second-order valence-corrected chi connectivity index (χ2v) is 7.95. The molecule has 3 unspecified atom stereocenters. The molecule has 3 atom stereocenters. The SMILES string of the molecule is CCOC(C)OCCCC(=O)CCCCCNC(=O)CCN1C(=O)CC(P)C1=O. The highest BCUT2D eigenvalue weighted by atomic mass is 31.0. The molecule has 1 aliphatic rings. The monoisotopic (exact) mass is 430 g/mol. The van der Waals surface area contributed by atoms with Crippen molar-refractivity contribution in [2.24, 2.45) is 0 Å². The number of Topliss-reactive ketones (excluding diaryl/α,β-unsaturated/α-hetero) is 1. The number of carbonyl (C=O) groups is 4. The van der Waals surface area contributed by atoms with Gasteiger partial charge in [-0.1, -0.05) is 6.42 Å². The fourth-order valence-corrected chi connectivity index (χ4v) is 3.41. The Morgan fingerprint density at radius 3 is 2.52 bits per heavy atom. The molecular weight excluding hydrogens is 395 g/mol. The van der Waals surface area contributed by atoms with E-state index in [0.717, 1.165) is 24.2 Å². The van der Waals surface area contributed by atoms with Gasteiger partial charge in [-0.3, -0.25) is 24.1 Å². The van der Waals surface area contributed by atoms with Gasteiger partial charge in [0.05, 0.1) is 12.3 Å². The molecule has 0 bridgehead atoms. The minimum Gasteiger partial charge on any atom is -0.356 e. The fourth-order valence-electron chi connectivity index (χ4n) is 3.02. The molecule has 1 heterocycles. The summed E-state index contributed by atoms with van der Waals surface area (Å²) in [6, 6.07) is 0. The average Bonchev–Trinajstić information content (AvgIpc) is 2.91. The van der Waals surface area contributed by atoms with E-state index in [-0.39, 0.29) is 54.8 Å². The van der Waals surface area contributed by atoms with E-state index in [1.807, 2.05) is 13.8 Å². The summed E-state index contributed by atoms with van der Waals surface area (Å²) in [4.78, 5) is 48.2. The number of hydrogen-bond acceptors (Lipinski definition) is 6. The Labute approximate surface area is 175 Å². The number of amides is 3. The van der Waals surface area contributed by atoms with E-state index in [1.165, 1.54) is 0 Å². The number of unbranched alkanes of at least 4 members (excludes halogenated alkanes) is 2. The summed E-state index contributed by atoms with van der Waals surface area (Å²) < 4.78 is 10.7. The van der Waals surface area contributed by atoms with Gasteiger partial charge in [0.1, 0.15) is 5.78 Å². The van der Waals surface area contributed by atoms with Gasteiger partial charge in [0.2, 0.25) is 17.7 Å². The third kappa shape index (κ3) is 10.8. The average molecular weight is 430 g/mol. The van der Waals surface area contributed by atoms with Gasteiger partial charge in [-0.05, 0) is 33.1 Å². The summed E-state index contributed by atoms with van der Waals surface area (Å²) in [5.74, 6) is -0.389. The summed E-state index contributed by atoms with van der Waals surface area (Å²) in [6.45, 7) is 5.55. The molecule has 8 nitrogen and oxygen atoms in total. The van der Waals surface area contributed by atoms with Crippen molar-refractivity contribution in [3.8, 4) is 0 Å². The first-order valence-electron chi connectivity index (χ1n) is 10.5. The number of carbonyl (C=O) groups excluding carboxylic acids is 4. The van der Waals surface area contributed by atoms with Crippen LogP contribution in [0.2, 0.25) is 0 Å². The van der Waals surface area contributed by atoms with Gasteiger partial charge in [0.25, 0.3) is 0 Å². The molecule has 0 spiro atoms. The zero-order valence-electron chi connectivity index (χ0n) is 17.6. The Bertz CT molecular complexity index is 557. The molecule has 1 rings (SSSR count). The van der Waals surface area contributed by atoms with Crippen LogP contribution < -0.4 is 5.32 Å². The molecule has 0 saturated carbocycles. The Balaban J connectivity index is 1.97. The van der Waals surface area contributed by atoms with Crippen LogP contribution in [0.1, 0.15) is 65.2 Å². The van der Waals surface area contributed by atoms with Crippen LogP contribution in [-0.2, 0) is 28.7 Å². The Morgan fingerprint density at radius 2 is 1.86 bits per heavy atom. The standard InChI is InChI=1S/C20H35N2O6P/c1-3-27-15(2)28-13-7-9-16(23)8-5-4-6-11-21-18(24)10-12-22-19(25)14-17(29)20(22)26/h15,17H,3-14,29H2,1-2H3,(H,21,24). The van der Waals surface area contributed by atoms with Crippen molar-refractivity contribution in [3.05, 3.63) is 0 Å². The molecule has 166 valence electrons. The minimum atomic E-state index is -0.362. The first-order chi connectivity index (χ1) is 13.8. The number of hydrogen-bond donors (Lipinski definition) is 1. The predicted molar refractivity (Wildman–Crippen MR) is 112 cm³/mol. The van der Waals surface area contributed by atoms with Crippen molar-refractivity contribution in [1.82, 2.24) is 10.2 Å². The van der Waals surface area contributed by atoms with Gasteiger partial charge >= 0.3 is 0 Å². The highest BCUT2D eigenvalue weighted by molar-refractivity contribution is 7.19. The van der Waals surface area contributed by atoms with E-state index in [9.17, 15) is 19.2 Å². The van der Waals surface area contributed by atoms with Gasteiger partial charge in [0.15, 0.2) is 6.29 Å². The van der Waals surface area contributed by atoms with Crippen molar-refractivity contribution < 1.29 is 28.7 Å². The number of likely N-dealkylation sites (tertiary alicyclic amines) is 1. The van der Waals surface area contributed by atoms with E-state index >= 15 is 0 Å². The van der Waals surface area contributed by atoms with Crippen LogP contribution >= 0.6 is 9.24 Å². The van der Waals surface area contributed by atoms with Crippen molar-refractivity contribution in [1.29, 1.82) is 0 Å². The molecule has 0 aromatic heterocycles. The smallest absolute Gasteiger partial charge is 0.236 e. The van der Waals surface area contributed by atoms with E-state index in [0.29, 0.717) is 39.0 Å². The first kappa shape index (κ1) is 25.7. The van der Waals surface area contributed by atoms with Crippen LogP contribution in [-0.4, -0.2) is 66.7 Å². The lowest BCUT2D eigenvalue weighted by Crippen LogP contribution is -2.35. The van der Waals surface area contributed by atoms with E-state index in [4.69, 9.17) is 9.47 Å². The topological polar surface area (TPSA) is 102 Å². The quantitative estimate of drug-likeness (QED) is 0.173. The lowest BCUT2D eigenvalue weighted by Gasteiger charge is -2.13. The molecule has 0 aromatic rings. The fraction of sp³-hybridized carbons (Fsp3) is 0.800. The summed E-state index contributed by atoms with van der Waals surface area (Å²) in [7, 11) is 2.36. The maximum atomic E-state index is 11.8. The summed E-state index contributed by atoms with van der Waals surface area (Å²) in [6.07, 6.45) is 4.31. The van der Waals surface area contributed by atoms with Crippen LogP contribution in [0.15, 0.2) is 0 Å². The van der Waals surface area contributed by atoms with Gasteiger partial charge in [-0.15, -0.1) is 9.24 Å². The van der Waals surface area contributed by atoms with Crippen molar-refractivity contribution in [2.45, 2.75) is 77.2 Å². The predicted octanol–water partition coefficient (Wildman–Crippen LogP) is 1.80. The molecule has 29 heavy (non-hydrogen) atoms. The summed E-state index contributed by atoms with van der Waals surface area (Å²) >= 11 is 0. The number of nitrogens with one attached hydrogen (secondary N) is 1. The zero-order chi connectivity index (χ0) is 21.6. The van der Waals surface area contributed by atoms with Gasteiger partial charge < -0.3 is 14.8 Å². The third-order valence-corrected chi connectivity index (χ3v) is 5.17. The normalized spacial score (nSPS) is 17.6. The number of rotatable bonds is 16. The van der Waals surface area contributed by atoms with Crippen LogP contribution in [0, 0.1) is 0 Å². The van der Waals surface area contributed by atoms with E-state index in [1.54, 1.807) is 0 Å². The lowest BCUT2D eigenvalue weighted by atomic mass is 10.1. The molecular formula is C20H35N2O6P. The van der Waals surface area contributed by atoms with E-state index < -0.39 is 0 Å². The van der Waals surface area contributed by atoms with Crippen LogP contribution in [0.3, 0.4) is 0 Å². The van der Waals surface area contributed by atoms with Crippen molar-refractivity contribution >= 4 is 32.7 Å². The largest absolute Gasteiger partial charge is 0.356 e. The Hall–Kier alpha value is -1.37. The van der Waals surface area contributed by atoms with Crippen LogP contribution in [0.25, 0.3) is 0 Å². The molecule has 1 N–H and O–H groups in total. The Morgan fingerprint density at radius 1 is 1.14 bits per heavy atom. The van der Waals surface area contributed by atoms with Crippen molar-refractivity contribution in [3.63, 3.8) is 0 Å². The van der Waals surface area contributed by atoms with Gasteiger partial charge in [-0.25, -0.2) is 0 Å². The lowest BCUT2D eigenvalue weighted by molar-refractivity contribution is -0.138. The Kier molecular flexibility index (Phi) is 12.9.